The fourth-order valence-corrected chi connectivity index (χ4v) is 5.42. The molecule has 3 aliphatic rings. The largest absolute Gasteiger partial charge is 0.371 e. The molecule has 0 aliphatic carbocycles. The van der Waals surface area contributed by atoms with Gasteiger partial charge in [0.25, 0.3) is 0 Å². The van der Waals surface area contributed by atoms with Crippen LogP contribution in [0.4, 0.5) is 11.8 Å². The molecule has 2 saturated heterocycles. The predicted molar refractivity (Wildman–Crippen MR) is 127 cm³/mol. The van der Waals surface area contributed by atoms with Crippen LogP contribution in [-0.4, -0.2) is 48.2 Å². The molecule has 2 fully saturated rings. The number of anilines is 2. The summed E-state index contributed by atoms with van der Waals surface area (Å²) in [7, 11) is 0. The highest BCUT2D eigenvalue weighted by molar-refractivity contribution is 9.10. The number of fused-ring (bicyclic) bond motifs is 3. The predicted octanol–water partition coefficient (Wildman–Crippen LogP) is 3.13. The summed E-state index contributed by atoms with van der Waals surface area (Å²) in [6, 6.07) is 14.5. The quantitative estimate of drug-likeness (QED) is 0.581. The van der Waals surface area contributed by atoms with E-state index >= 15 is 0 Å². The molecule has 0 unspecified atom stereocenters. The number of carbonyl (C=O) groups is 1. The van der Waals surface area contributed by atoms with Crippen molar-refractivity contribution in [3.63, 3.8) is 0 Å². The molecule has 3 aliphatic heterocycles. The van der Waals surface area contributed by atoms with E-state index < -0.39 is 0 Å². The third-order valence-corrected chi connectivity index (χ3v) is 7.28. The van der Waals surface area contributed by atoms with Gasteiger partial charge in [-0.1, -0.05) is 40.2 Å². The molecule has 2 aromatic carbocycles. The summed E-state index contributed by atoms with van der Waals surface area (Å²) in [5.41, 5.74) is 3.50. The Morgan fingerprint density at radius 3 is 2.91 bits per heavy atom. The van der Waals surface area contributed by atoms with Crippen LogP contribution in [0, 0.1) is 11.8 Å². The lowest BCUT2D eigenvalue weighted by Gasteiger charge is -2.26. The van der Waals surface area contributed by atoms with Crippen LogP contribution in [-0.2, 0) is 22.6 Å². The number of nitrogens with zero attached hydrogens (tertiary/aromatic N) is 3. The smallest absolute Gasteiger partial charge is 0.225 e. The number of hydrogen-bond donors (Lipinski definition) is 2. The molecule has 1 amide bonds. The summed E-state index contributed by atoms with van der Waals surface area (Å²) in [4.78, 5) is 24.1. The molecule has 1 aromatic heterocycles. The highest BCUT2D eigenvalue weighted by Crippen LogP contribution is 2.35. The van der Waals surface area contributed by atoms with Crippen molar-refractivity contribution in [1.29, 1.82) is 0 Å². The molecule has 0 bridgehead atoms. The third kappa shape index (κ3) is 3.61. The molecule has 3 aromatic rings. The van der Waals surface area contributed by atoms with E-state index in [9.17, 15) is 4.79 Å². The average Bonchev–Trinajstić information content (AvgIpc) is 3.39. The zero-order valence-electron chi connectivity index (χ0n) is 17.6. The lowest BCUT2D eigenvalue weighted by atomic mass is 9.99. The molecular formula is C24H24BrN5O2. The van der Waals surface area contributed by atoms with Crippen molar-refractivity contribution in [3.8, 4) is 0 Å². The second kappa shape index (κ2) is 8.01. The van der Waals surface area contributed by atoms with Gasteiger partial charge < -0.3 is 20.3 Å². The van der Waals surface area contributed by atoms with E-state index in [-0.39, 0.29) is 17.9 Å². The lowest BCUT2D eigenvalue weighted by molar-refractivity contribution is -0.122. The second-order valence-electron chi connectivity index (χ2n) is 8.84. The van der Waals surface area contributed by atoms with Crippen molar-refractivity contribution in [2.75, 3.05) is 36.4 Å². The highest BCUT2D eigenvalue weighted by Gasteiger charge is 2.42. The minimum Gasteiger partial charge on any atom is -0.371 e. The van der Waals surface area contributed by atoms with Crippen molar-refractivity contribution < 1.29 is 9.53 Å². The van der Waals surface area contributed by atoms with Crippen LogP contribution in [0.5, 0.6) is 0 Å². The van der Waals surface area contributed by atoms with E-state index in [2.05, 4.69) is 61.8 Å². The number of halogens is 1. The molecule has 0 spiro atoms. The van der Waals surface area contributed by atoms with Gasteiger partial charge in [0.1, 0.15) is 5.82 Å². The lowest BCUT2D eigenvalue weighted by Crippen LogP contribution is -2.31. The number of rotatable bonds is 4. The number of benzene rings is 2. The molecule has 4 heterocycles. The van der Waals surface area contributed by atoms with E-state index in [1.54, 1.807) is 0 Å². The first-order valence-electron chi connectivity index (χ1n) is 11.1. The van der Waals surface area contributed by atoms with Gasteiger partial charge in [-0.15, -0.1) is 0 Å². The fourth-order valence-electron chi connectivity index (χ4n) is 5.06. The molecule has 32 heavy (non-hydrogen) atoms. The zero-order valence-corrected chi connectivity index (χ0v) is 19.1. The van der Waals surface area contributed by atoms with E-state index in [0.717, 1.165) is 40.7 Å². The summed E-state index contributed by atoms with van der Waals surface area (Å²) in [6.45, 7) is 3.54. The molecule has 2 N–H and O–H groups in total. The van der Waals surface area contributed by atoms with Crippen LogP contribution < -0.4 is 15.5 Å². The zero-order chi connectivity index (χ0) is 21.7. The third-order valence-electron chi connectivity index (χ3n) is 6.78. The molecule has 8 heteroatoms. The minimum absolute atomic E-state index is 0.0410. The van der Waals surface area contributed by atoms with Crippen LogP contribution in [0.15, 0.2) is 46.9 Å². The Bertz CT molecular complexity index is 1200. The average molecular weight is 494 g/mol. The van der Waals surface area contributed by atoms with E-state index in [1.807, 2.05) is 12.1 Å². The Morgan fingerprint density at radius 2 is 2.03 bits per heavy atom. The highest BCUT2D eigenvalue weighted by atomic mass is 79.9. The fraction of sp³-hybridized carbons (Fsp3) is 0.375. The van der Waals surface area contributed by atoms with Crippen molar-refractivity contribution in [1.82, 2.24) is 15.3 Å². The van der Waals surface area contributed by atoms with Gasteiger partial charge >= 0.3 is 0 Å². The maximum atomic E-state index is 12.2. The minimum atomic E-state index is 0.0410. The van der Waals surface area contributed by atoms with Crippen molar-refractivity contribution in [3.05, 3.63) is 58.1 Å². The number of aromatic nitrogens is 2. The van der Waals surface area contributed by atoms with Crippen LogP contribution in [0.25, 0.3) is 10.9 Å². The Labute approximate surface area is 194 Å². The normalized spacial score (nSPS) is 24.3. The summed E-state index contributed by atoms with van der Waals surface area (Å²) in [5, 5.41) is 7.39. The first kappa shape index (κ1) is 19.9. The summed E-state index contributed by atoms with van der Waals surface area (Å²) < 4.78 is 7.03. The van der Waals surface area contributed by atoms with Gasteiger partial charge in [-0.2, -0.15) is 4.98 Å². The van der Waals surface area contributed by atoms with E-state index in [0.29, 0.717) is 31.6 Å². The SMILES string of the molecule is O=C1NC[C@H]2CN(c3nc(NC[C@@H]4Cc5ccccc5CO4)nc4ccc(Br)cc34)C[C@@H]12. The monoisotopic (exact) mass is 493 g/mol. The maximum Gasteiger partial charge on any atom is 0.225 e. The van der Waals surface area contributed by atoms with Gasteiger partial charge in [0, 0.05) is 48.4 Å². The number of amides is 1. The molecule has 0 saturated carbocycles. The van der Waals surface area contributed by atoms with Gasteiger partial charge in [0.05, 0.1) is 24.1 Å². The van der Waals surface area contributed by atoms with Crippen molar-refractivity contribution >= 4 is 44.5 Å². The Morgan fingerprint density at radius 1 is 1.16 bits per heavy atom. The molecule has 3 atom stereocenters. The van der Waals surface area contributed by atoms with Gasteiger partial charge in [0.15, 0.2) is 0 Å². The van der Waals surface area contributed by atoms with Gasteiger partial charge in [0.2, 0.25) is 11.9 Å². The van der Waals surface area contributed by atoms with Crippen LogP contribution in [0.1, 0.15) is 11.1 Å². The molecule has 7 nitrogen and oxygen atoms in total. The van der Waals surface area contributed by atoms with Crippen molar-refractivity contribution in [2.45, 2.75) is 19.1 Å². The number of nitrogens with one attached hydrogen (secondary N) is 2. The van der Waals surface area contributed by atoms with Gasteiger partial charge in [-0.3, -0.25) is 4.79 Å². The maximum absolute atomic E-state index is 12.2. The number of ether oxygens (including phenoxy) is 1. The number of carbonyl (C=O) groups excluding carboxylic acids is 1. The molecule has 0 radical (unpaired) electrons. The first-order valence-corrected chi connectivity index (χ1v) is 11.9. The van der Waals surface area contributed by atoms with E-state index in [4.69, 9.17) is 14.7 Å². The van der Waals surface area contributed by atoms with E-state index in [1.165, 1.54) is 11.1 Å². The Hall–Kier alpha value is -2.71. The second-order valence-corrected chi connectivity index (χ2v) is 9.75. The Balaban J connectivity index is 1.26. The van der Waals surface area contributed by atoms with Gasteiger partial charge in [-0.05, 0) is 29.3 Å². The molecular weight excluding hydrogens is 470 g/mol. The first-order chi connectivity index (χ1) is 15.6. The summed E-state index contributed by atoms with van der Waals surface area (Å²) in [6.07, 6.45) is 0.952. The Kier molecular flexibility index (Phi) is 4.99. The van der Waals surface area contributed by atoms with Crippen LogP contribution >= 0.6 is 15.9 Å². The van der Waals surface area contributed by atoms with Crippen molar-refractivity contribution in [2.24, 2.45) is 11.8 Å². The topological polar surface area (TPSA) is 79.4 Å². The van der Waals surface area contributed by atoms with Crippen LogP contribution in [0.3, 0.4) is 0 Å². The summed E-state index contributed by atoms with van der Waals surface area (Å²) >= 11 is 3.58. The molecule has 6 rings (SSSR count). The summed E-state index contributed by atoms with van der Waals surface area (Å²) in [5.74, 6) is 2.02. The van der Waals surface area contributed by atoms with Gasteiger partial charge in [-0.25, -0.2) is 4.98 Å². The molecule has 164 valence electrons. The number of hydrogen-bond acceptors (Lipinski definition) is 6. The van der Waals surface area contributed by atoms with Crippen LogP contribution in [0.2, 0.25) is 0 Å². The standard InChI is InChI=1S/C24H24BrN5O2/c25-17-5-6-21-19(8-17)22(30-11-16-9-26-23(31)20(16)12-30)29-24(28-21)27-10-18-7-14-3-1-2-4-15(14)13-32-18/h1-6,8,16,18,20H,7,9-13H2,(H,26,31)(H,27,28,29)/t16-,18-,20+/m0/s1.